The van der Waals surface area contributed by atoms with Crippen LogP contribution in [0.15, 0.2) is 10.9 Å². The molecule has 0 atom stereocenters. The summed E-state index contributed by atoms with van der Waals surface area (Å²) < 4.78 is 0. The SMILES string of the molecule is CC(C)CN(CC(C)C)C(=O)c1cc(=O)[nH][nH]1. The van der Waals surface area contributed by atoms with Gasteiger partial charge in [-0.05, 0) is 11.8 Å². The molecule has 0 radical (unpaired) electrons. The van der Waals surface area contributed by atoms with Crippen molar-refractivity contribution in [3.05, 3.63) is 22.1 Å². The summed E-state index contributed by atoms with van der Waals surface area (Å²) in [4.78, 5) is 25.0. The summed E-state index contributed by atoms with van der Waals surface area (Å²) in [5.74, 6) is 0.692. The summed E-state index contributed by atoms with van der Waals surface area (Å²) in [6, 6.07) is 1.30. The lowest BCUT2D eigenvalue weighted by Crippen LogP contribution is -2.37. The van der Waals surface area contributed by atoms with Gasteiger partial charge in [-0.25, -0.2) is 0 Å². The number of H-pyrrole nitrogens is 2. The highest BCUT2D eigenvalue weighted by Gasteiger charge is 2.19. The van der Waals surface area contributed by atoms with Crippen molar-refractivity contribution in [3.8, 4) is 0 Å². The second-order valence-electron chi connectivity index (χ2n) is 5.17. The molecule has 17 heavy (non-hydrogen) atoms. The molecule has 0 fully saturated rings. The first-order valence-corrected chi connectivity index (χ1v) is 5.97. The fourth-order valence-electron chi connectivity index (χ4n) is 1.74. The highest BCUT2D eigenvalue weighted by atomic mass is 16.2. The number of hydrogen-bond donors (Lipinski definition) is 2. The molecule has 5 nitrogen and oxygen atoms in total. The van der Waals surface area contributed by atoms with Crippen LogP contribution in [0.4, 0.5) is 0 Å². The van der Waals surface area contributed by atoms with Crippen molar-refractivity contribution < 1.29 is 4.79 Å². The second kappa shape index (κ2) is 5.70. The highest BCUT2D eigenvalue weighted by Crippen LogP contribution is 2.07. The summed E-state index contributed by atoms with van der Waals surface area (Å²) in [6.45, 7) is 9.68. The van der Waals surface area contributed by atoms with E-state index in [1.807, 2.05) is 0 Å². The van der Waals surface area contributed by atoms with Crippen LogP contribution < -0.4 is 5.56 Å². The lowest BCUT2D eigenvalue weighted by Gasteiger charge is -2.25. The van der Waals surface area contributed by atoms with Crippen LogP contribution in [-0.2, 0) is 0 Å². The van der Waals surface area contributed by atoms with Crippen LogP contribution in [0.25, 0.3) is 0 Å². The van der Waals surface area contributed by atoms with E-state index in [1.54, 1.807) is 4.90 Å². The maximum Gasteiger partial charge on any atom is 0.271 e. The van der Waals surface area contributed by atoms with Crippen LogP contribution in [0.3, 0.4) is 0 Å². The molecule has 5 heteroatoms. The van der Waals surface area contributed by atoms with Gasteiger partial charge in [0.25, 0.3) is 11.5 Å². The maximum atomic E-state index is 12.2. The van der Waals surface area contributed by atoms with Crippen molar-refractivity contribution >= 4 is 5.91 Å². The fourth-order valence-corrected chi connectivity index (χ4v) is 1.74. The van der Waals surface area contributed by atoms with Gasteiger partial charge in [0, 0.05) is 19.2 Å². The summed E-state index contributed by atoms with van der Waals surface area (Å²) in [5, 5.41) is 4.99. The monoisotopic (exact) mass is 239 g/mol. The molecule has 0 spiro atoms. The largest absolute Gasteiger partial charge is 0.337 e. The Kier molecular flexibility index (Phi) is 4.54. The number of rotatable bonds is 5. The van der Waals surface area contributed by atoms with E-state index in [9.17, 15) is 9.59 Å². The molecule has 0 bridgehead atoms. The first kappa shape index (κ1) is 13.5. The predicted molar refractivity (Wildman–Crippen MR) is 67.0 cm³/mol. The van der Waals surface area contributed by atoms with Crippen molar-refractivity contribution in [2.45, 2.75) is 27.7 Å². The second-order valence-corrected chi connectivity index (χ2v) is 5.17. The van der Waals surface area contributed by atoms with E-state index < -0.39 is 0 Å². The number of aromatic amines is 2. The minimum Gasteiger partial charge on any atom is -0.337 e. The van der Waals surface area contributed by atoms with E-state index in [1.165, 1.54) is 6.07 Å². The summed E-state index contributed by atoms with van der Waals surface area (Å²) >= 11 is 0. The molecule has 1 aromatic heterocycles. The fraction of sp³-hybridized carbons (Fsp3) is 0.667. The van der Waals surface area contributed by atoms with Gasteiger partial charge in [0.2, 0.25) is 0 Å². The van der Waals surface area contributed by atoms with Gasteiger partial charge < -0.3 is 4.90 Å². The lowest BCUT2D eigenvalue weighted by atomic mass is 10.1. The Morgan fingerprint density at radius 3 is 2.06 bits per heavy atom. The molecule has 1 rings (SSSR count). The van der Waals surface area contributed by atoms with Gasteiger partial charge >= 0.3 is 0 Å². The summed E-state index contributed by atoms with van der Waals surface area (Å²) in [5.41, 5.74) is 0.0543. The molecule has 96 valence electrons. The third kappa shape index (κ3) is 4.09. The third-order valence-corrected chi connectivity index (χ3v) is 2.28. The molecule has 1 aromatic rings. The standard InChI is InChI=1S/C12H21N3O2/c1-8(2)6-15(7-9(3)4)12(17)10-5-11(16)14-13-10/h5,8-9H,6-7H2,1-4H3,(H2,13,14,16). The Balaban J connectivity index is 2.82. The summed E-state index contributed by atoms with van der Waals surface area (Å²) in [7, 11) is 0. The molecule has 0 unspecified atom stereocenters. The Morgan fingerprint density at radius 2 is 1.71 bits per heavy atom. The number of nitrogens with zero attached hydrogens (tertiary/aromatic N) is 1. The number of nitrogens with one attached hydrogen (secondary N) is 2. The van der Waals surface area contributed by atoms with Crippen molar-refractivity contribution in [1.29, 1.82) is 0 Å². The van der Waals surface area contributed by atoms with Gasteiger partial charge in [0.05, 0.1) is 0 Å². The molecule has 1 heterocycles. The van der Waals surface area contributed by atoms with E-state index >= 15 is 0 Å². The van der Waals surface area contributed by atoms with Crippen LogP contribution in [0.1, 0.15) is 38.2 Å². The predicted octanol–water partition coefficient (Wildman–Crippen LogP) is 1.46. The van der Waals surface area contributed by atoms with Gasteiger partial charge in [0.1, 0.15) is 5.69 Å². The molecule has 0 aliphatic carbocycles. The smallest absolute Gasteiger partial charge is 0.271 e. The first-order chi connectivity index (χ1) is 7.90. The molecule has 1 amide bonds. The molecule has 0 aliphatic heterocycles. The van der Waals surface area contributed by atoms with Crippen LogP contribution in [0.2, 0.25) is 0 Å². The van der Waals surface area contributed by atoms with E-state index in [2.05, 4.69) is 37.9 Å². The minimum absolute atomic E-state index is 0.120. The topological polar surface area (TPSA) is 69.0 Å². The summed E-state index contributed by atoms with van der Waals surface area (Å²) in [6.07, 6.45) is 0. The average Bonchev–Trinajstić information content (AvgIpc) is 2.61. The van der Waals surface area contributed by atoms with Gasteiger partial charge in [-0.2, -0.15) is 0 Å². The number of carbonyl (C=O) groups is 1. The van der Waals surface area contributed by atoms with E-state index in [-0.39, 0.29) is 11.5 Å². The quantitative estimate of drug-likeness (QED) is 0.816. The molecule has 0 aromatic carbocycles. The van der Waals surface area contributed by atoms with E-state index in [4.69, 9.17) is 0 Å². The average molecular weight is 239 g/mol. The molecular formula is C12H21N3O2. The molecule has 0 aliphatic rings. The zero-order valence-corrected chi connectivity index (χ0v) is 10.9. The first-order valence-electron chi connectivity index (χ1n) is 5.97. The number of hydrogen-bond acceptors (Lipinski definition) is 2. The number of amides is 1. The molecule has 0 saturated carbocycles. The van der Waals surface area contributed by atoms with E-state index in [0.717, 1.165) is 0 Å². The Labute approximate surface area is 101 Å². The number of aromatic nitrogens is 2. The van der Waals surface area contributed by atoms with Gasteiger partial charge in [-0.1, -0.05) is 27.7 Å². The van der Waals surface area contributed by atoms with Crippen molar-refractivity contribution in [2.75, 3.05) is 13.1 Å². The van der Waals surface area contributed by atoms with Gasteiger partial charge in [0.15, 0.2) is 0 Å². The van der Waals surface area contributed by atoms with Gasteiger partial charge in [-0.15, -0.1) is 0 Å². The highest BCUT2D eigenvalue weighted by molar-refractivity contribution is 5.92. The Morgan fingerprint density at radius 1 is 1.18 bits per heavy atom. The van der Waals surface area contributed by atoms with Crippen molar-refractivity contribution in [3.63, 3.8) is 0 Å². The lowest BCUT2D eigenvalue weighted by molar-refractivity contribution is 0.0709. The molecular weight excluding hydrogens is 218 g/mol. The van der Waals surface area contributed by atoms with Crippen LogP contribution >= 0.6 is 0 Å². The zero-order valence-electron chi connectivity index (χ0n) is 10.9. The number of carbonyl (C=O) groups excluding carboxylic acids is 1. The molecule has 0 saturated heterocycles. The maximum absolute atomic E-state index is 12.2. The van der Waals surface area contributed by atoms with Crippen LogP contribution in [-0.4, -0.2) is 34.1 Å². The zero-order chi connectivity index (χ0) is 13.0. The Hall–Kier alpha value is -1.52. The minimum atomic E-state index is -0.276. The van der Waals surface area contributed by atoms with Crippen LogP contribution in [0.5, 0.6) is 0 Å². The van der Waals surface area contributed by atoms with Gasteiger partial charge in [-0.3, -0.25) is 19.8 Å². The van der Waals surface area contributed by atoms with Crippen molar-refractivity contribution in [1.82, 2.24) is 15.1 Å². The molecule has 2 N–H and O–H groups in total. The normalized spacial score (nSPS) is 11.2. The Bertz CT molecular complexity index is 407. The third-order valence-electron chi connectivity index (χ3n) is 2.28. The van der Waals surface area contributed by atoms with Crippen LogP contribution in [0, 0.1) is 11.8 Å². The van der Waals surface area contributed by atoms with Crippen molar-refractivity contribution in [2.24, 2.45) is 11.8 Å². The van der Waals surface area contributed by atoms with E-state index in [0.29, 0.717) is 30.6 Å².